The van der Waals surface area contributed by atoms with Crippen LogP contribution in [-0.2, 0) is 11.3 Å². The molecule has 3 nitrogen and oxygen atoms in total. The third-order valence-corrected chi connectivity index (χ3v) is 4.10. The van der Waals surface area contributed by atoms with Crippen LogP contribution in [0.3, 0.4) is 0 Å². The minimum Gasteiger partial charge on any atom is -0.368 e. The van der Waals surface area contributed by atoms with Crippen LogP contribution >= 0.6 is 27.3 Å². The van der Waals surface area contributed by atoms with E-state index in [0.29, 0.717) is 6.54 Å². The van der Waals surface area contributed by atoms with Gasteiger partial charge in [0.25, 0.3) is 0 Å². The summed E-state index contributed by atoms with van der Waals surface area (Å²) in [5.74, 6) is -0.365. The summed E-state index contributed by atoms with van der Waals surface area (Å²) in [6.07, 6.45) is 0. The summed E-state index contributed by atoms with van der Waals surface area (Å²) >= 11 is 5.03. The van der Waals surface area contributed by atoms with Crippen molar-refractivity contribution < 1.29 is 4.79 Å². The second kappa shape index (κ2) is 6.13. The molecule has 2 rings (SSSR count). The molecular weight excluding hydrogens is 312 g/mol. The molecule has 94 valence electrons. The third-order valence-electron chi connectivity index (χ3n) is 2.55. The lowest BCUT2D eigenvalue weighted by Crippen LogP contribution is -2.33. The van der Waals surface area contributed by atoms with E-state index in [1.54, 1.807) is 11.3 Å². The summed E-state index contributed by atoms with van der Waals surface area (Å²) in [4.78, 5) is 11.5. The van der Waals surface area contributed by atoms with Crippen molar-refractivity contribution in [2.45, 2.75) is 12.6 Å². The second-order valence-electron chi connectivity index (χ2n) is 3.89. The van der Waals surface area contributed by atoms with E-state index in [1.807, 2.05) is 41.8 Å². The van der Waals surface area contributed by atoms with E-state index in [9.17, 15) is 4.79 Å². The Morgan fingerprint density at radius 2 is 2.11 bits per heavy atom. The second-order valence-corrected chi connectivity index (χ2v) is 6.18. The summed E-state index contributed by atoms with van der Waals surface area (Å²) in [5.41, 5.74) is 7.45. The Labute approximate surface area is 118 Å². The molecule has 0 fully saturated rings. The number of carbonyl (C=O) groups is 1. The van der Waals surface area contributed by atoms with Gasteiger partial charge in [-0.25, -0.2) is 0 Å². The first kappa shape index (κ1) is 13.3. The van der Waals surface area contributed by atoms with Crippen molar-refractivity contribution in [1.29, 1.82) is 0 Å². The number of nitrogens with one attached hydrogen (secondary N) is 1. The van der Waals surface area contributed by atoms with Crippen molar-refractivity contribution in [3.8, 4) is 0 Å². The van der Waals surface area contributed by atoms with Crippen molar-refractivity contribution in [3.05, 3.63) is 56.7 Å². The van der Waals surface area contributed by atoms with Crippen LogP contribution < -0.4 is 11.1 Å². The summed E-state index contributed by atoms with van der Waals surface area (Å²) in [5, 5.41) is 5.22. The quantitative estimate of drug-likeness (QED) is 0.888. The number of carbonyl (C=O) groups excluding carboxylic acids is 1. The van der Waals surface area contributed by atoms with Gasteiger partial charge < -0.3 is 5.73 Å². The Morgan fingerprint density at radius 1 is 1.39 bits per heavy atom. The largest absolute Gasteiger partial charge is 0.368 e. The van der Waals surface area contributed by atoms with Crippen molar-refractivity contribution in [2.24, 2.45) is 5.73 Å². The lowest BCUT2D eigenvalue weighted by Gasteiger charge is -2.15. The predicted octanol–water partition coefficient (Wildman–Crippen LogP) is 2.83. The molecule has 3 N–H and O–H groups in total. The number of thiophene rings is 1. The number of hydrogen-bond acceptors (Lipinski definition) is 3. The molecule has 0 aliphatic rings. The normalized spacial score (nSPS) is 12.3. The zero-order chi connectivity index (χ0) is 13.0. The van der Waals surface area contributed by atoms with Crippen LogP contribution in [0, 0.1) is 0 Å². The highest BCUT2D eigenvalue weighted by molar-refractivity contribution is 9.11. The molecule has 1 aromatic carbocycles. The minimum absolute atomic E-state index is 0.365. The molecule has 1 heterocycles. The average Bonchev–Trinajstić information content (AvgIpc) is 2.76. The van der Waals surface area contributed by atoms with Crippen molar-refractivity contribution in [1.82, 2.24) is 5.32 Å². The highest BCUT2D eigenvalue weighted by Gasteiger charge is 2.16. The lowest BCUT2D eigenvalue weighted by molar-refractivity contribution is -0.120. The number of nitrogens with two attached hydrogens (primary N) is 1. The summed E-state index contributed by atoms with van der Waals surface area (Å²) in [7, 11) is 0. The minimum atomic E-state index is -0.454. The van der Waals surface area contributed by atoms with E-state index in [0.717, 1.165) is 14.9 Å². The molecule has 2 aromatic rings. The van der Waals surface area contributed by atoms with Gasteiger partial charge in [0.2, 0.25) is 5.91 Å². The standard InChI is InChI=1S/C13H13BrN2OS/c14-11-6-9(8-18-11)7-16-12(13(15)17)10-4-2-1-3-5-10/h1-6,8,12,16H,7H2,(H2,15,17)/t12-/m0/s1. The highest BCUT2D eigenvalue weighted by atomic mass is 79.9. The fraction of sp³-hybridized carbons (Fsp3) is 0.154. The molecule has 1 aromatic heterocycles. The van der Waals surface area contributed by atoms with Crippen LogP contribution in [0.5, 0.6) is 0 Å². The molecule has 1 amide bonds. The number of rotatable bonds is 5. The number of halogens is 1. The van der Waals surface area contributed by atoms with Crippen LogP contribution in [0.4, 0.5) is 0 Å². The van der Waals surface area contributed by atoms with Crippen molar-refractivity contribution >= 4 is 33.2 Å². The molecule has 0 aliphatic heterocycles. The average molecular weight is 325 g/mol. The first-order valence-electron chi connectivity index (χ1n) is 5.47. The smallest absolute Gasteiger partial charge is 0.239 e. The number of hydrogen-bond donors (Lipinski definition) is 2. The van der Waals surface area contributed by atoms with Gasteiger partial charge >= 0.3 is 0 Å². The van der Waals surface area contributed by atoms with Crippen molar-refractivity contribution in [2.75, 3.05) is 0 Å². The number of benzene rings is 1. The Balaban J connectivity index is 2.06. The van der Waals surface area contributed by atoms with E-state index in [-0.39, 0.29) is 5.91 Å². The monoisotopic (exact) mass is 324 g/mol. The van der Waals surface area contributed by atoms with E-state index in [2.05, 4.69) is 21.2 Å². The van der Waals surface area contributed by atoms with Crippen LogP contribution in [-0.4, -0.2) is 5.91 Å². The van der Waals surface area contributed by atoms with E-state index in [4.69, 9.17) is 5.73 Å². The van der Waals surface area contributed by atoms with Crippen LogP contribution in [0.2, 0.25) is 0 Å². The molecule has 0 unspecified atom stereocenters. The third kappa shape index (κ3) is 3.41. The van der Waals surface area contributed by atoms with Crippen molar-refractivity contribution in [3.63, 3.8) is 0 Å². The summed E-state index contributed by atoms with van der Waals surface area (Å²) in [6.45, 7) is 0.616. The molecule has 0 saturated carbocycles. The van der Waals surface area contributed by atoms with E-state index < -0.39 is 6.04 Å². The first-order chi connectivity index (χ1) is 8.66. The topological polar surface area (TPSA) is 55.1 Å². The molecule has 0 aliphatic carbocycles. The molecule has 18 heavy (non-hydrogen) atoms. The van der Waals surface area contributed by atoms with Gasteiger partial charge in [0.05, 0.1) is 3.79 Å². The van der Waals surface area contributed by atoms with Gasteiger partial charge in [0, 0.05) is 6.54 Å². The molecular formula is C13H13BrN2OS. The van der Waals surface area contributed by atoms with Crippen LogP contribution in [0.25, 0.3) is 0 Å². The predicted molar refractivity (Wildman–Crippen MR) is 77.2 cm³/mol. The Hall–Kier alpha value is -1.17. The molecule has 0 bridgehead atoms. The summed E-state index contributed by atoms with van der Waals surface area (Å²) < 4.78 is 1.08. The maximum atomic E-state index is 11.5. The lowest BCUT2D eigenvalue weighted by atomic mass is 10.1. The van der Waals surface area contributed by atoms with Crippen LogP contribution in [0.1, 0.15) is 17.2 Å². The van der Waals surface area contributed by atoms with Gasteiger partial charge in [0.15, 0.2) is 0 Å². The van der Waals surface area contributed by atoms with Gasteiger partial charge in [-0.15, -0.1) is 11.3 Å². The van der Waals surface area contributed by atoms with Gasteiger partial charge in [-0.2, -0.15) is 0 Å². The van der Waals surface area contributed by atoms with Gasteiger partial charge in [0.1, 0.15) is 6.04 Å². The highest BCUT2D eigenvalue weighted by Crippen LogP contribution is 2.21. The maximum Gasteiger partial charge on any atom is 0.239 e. The van der Waals surface area contributed by atoms with E-state index in [1.165, 1.54) is 0 Å². The Bertz CT molecular complexity index is 527. The zero-order valence-electron chi connectivity index (χ0n) is 9.60. The SMILES string of the molecule is NC(=O)[C@@H](NCc1csc(Br)c1)c1ccccc1. The zero-order valence-corrected chi connectivity index (χ0v) is 12.0. The molecule has 0 radical (unpaired) electrons. The van der Waals surface area contributed by atoms with Crippen LogP contribution in [0.15, 0.2) is 45.6 Å². The number of primary amides is 1. The van der Waals surface area contributed by atoms with Gasteiger partial charge in [-0.05, 0) is 38.5 Å². The number of amides is 1. The Kier molecular flexibility index (Phi) is 4.52. The fourth-order valence-corrected chi connectivity index (χ4v) is 2.90. The van der Waals surface area contributed by atoms with Gasteiger partial charge in [-0.3, -0.25) is 10.1 Å². The molecule has 0 saturated heterocycles. The van der Waals surface area contributed by atoms with Gasteiger partial charge in [-0.1, -0.05) is 30.3 Å². The molecule has 5 heteroatoms. The molecule has 1 atom stereocenters. The first-order valence-corrected chi connectivity index (χ1v) is 7.14. The summed E-state index contributed by atoms with van der Waals surface area (Å²) in [6, 6.07) is 11.1. The Morgan fingerprint density at radius 3 is 2.67 bits per heavy atom. The molecule has 0 spiro atoms. The fourth-order valence-electron chi connectivity index (χ4n) is 1.69. The van der Waals surface area contributed by atoms with E-state index >= 15 is 0 Å². The maximum absolute atomic E-state index is 11.5.